The summed E-state index contributed by atoms with van der Waals surface area (Å²) in [5.41, 5.74) is 0. The van der Waals surface area contributed by atoms with Gasteiger partial charge in [-0.1, -0.05) is 161 Å². The van der Waals surface area contributed by atoms with Crippen LogP contribution in [0.3, 0.4) is 0 Å². The number of carbonyl (C=O) groups is 1. The van der Waals surface area contributed by atoms with Crippen molar-refractivity contribution in [1.29, 1.82) is 0 Å². The van der Waals surface area contributed by atoms with E-state index in [-0.39, 0.29) is 18.2 Å². The summed E-state index contributed by atoms with van der Waals surface area (Å²) in [6, 6.07) is -0.310. The number of aliphatic hydroxyl groups is 1. The van der Waals surface area contributed by atoms with Crippen molar-refractivity contribution in [3.8, 4) is 0 Å². The Morgan fingerprint density at radius 2 is 1.00 bits per heavy atom. The van der Waals surface area contributed by atoms with Crippen molar-refractivity contribution >= 4 is 5.91 Å². The van der Waals surface area contributed by atoms with Crippen LogP contribution in [0.25, 0.3) is 0 Å². The van der Waals surface area contributed by atoms with Gasteiger partial charge < -0.3 is 14.9 Å². The Morgan fingerprint density at radius 3 is 1.43 bits per heavy atom. The topological polar surface area (TPSA) is 76.6 Å². The molecule has 304 valence electrons. The van der Waals surface area contributed by atoms with Gasteiger partial charge >= 0.3 is 0 Å². The predicted molar refractivity (Wildman–Crippen MR) is 224 cm³/mol. The van der Waals surface area contributed by atoms with Crippen LogP contribution in [-0.4, -0.2) is 87.3 Å². The second kappa shape index (κ2) is 36.0. The third kappa shape index (κ3) is 33.3. The summed E-state index contributed by atoms with van der Waals surface area (Å²) >= 11 is 0. The van der Waals surface area contributed by atoms with Crippen LogP contribution in [0.4, 0.5) is 0 Å². The summed E-state index contributed by atoms with van der Waals surface area (Å²) in [7, 11) is 10.7. The van der Waals surface area contributed by atoms with Crippen LogP contribution < -0.4 is 16.0 Å². The lowest BCUT2D eigenvalue weighted by Gasteiger charge is -2.38. The van der Waals surface area contributed by atoms with Crippen molar-refractivity contribution in [2.45, 2.75) is 219 Å². The average Bonchev–Trinajstić information content (AvgIpc) is 3.08. The normalized spacial score (nSPS) is 14.1. The zero-order chi connectivity index (χ0) is 37.8. The van der Waals surface area contributed by atoms with E-state index in [1.165, 1.54) is 154 Å². The Morgan fingerprint density at radius 1 is 0.588 bits per heavy atom. The van der Waals surface area contributed by atoms with Crippen LogP contribution in [0.5, 0.6) is 0 Å². The number of unbranched alkanes of at least 4 members (excludes halogenated alkanes) is 24. The van der Waals surface area contributed by atoms with Gasteiger partial charge in [-0.15, -0.1) is 0 Å². The summed E-state index contributed by atoms with van der Waals surface area (Å²) in [6.45, 7) is 6.06. The Balaban J connectivity index is 4.34. The van der Waals surface area contributed by atoms with Gasteiger partial charge in [-0.2, -0.15) is 0 Å². The lowest BCUT2D eigenvalue weighted by molar-refractivity contribution is -0.911. The largest absolute Gasteiger partial charge is 0.376 e. The number of rotatable bonds is 39. The van der Waals surface area contributed by atoms with Crippen LogP contribution in [0.2, 0.25) is 0 Å². The molecule has 0 saturated carbocycles. The predicted octanol–water partition coefficient (Wildman–Crippen LogP) is 10.4. The van der Waals surface area contributed by atoms with Gasteiger partial charge in [-0.05, 0) is 65.6 Å². The summed E-state index contributed by atoms with van der Waals surface area (Å²) in [5.74, 6) is 0.0609. The molecular formula is C44H92N5O2+. The molecule has 1 amide bonds. The lowest BCUT2D eigenvalue weighted by atomic mass is 10.0. The Labute approximate surface area is 319 Å². The third-order valence-corrected chi connectivity index (χ3v) is 10.3. The number of quaternary nitrogens is 1. The number of hydrogen-bond acceptors (Lipinski definition) is 5. The Bertz CT molecular complexity index is 769. The van der Waals surface area contributed by atoms with E-state index >= 15 is 0 Å². The summed E-state index contributed by atoms with van der Waals surface area (Å²) < 4.78 is 0.763. The fraction of sp³-hybridized carbons (Fsp3) is 0.932. The highest BCUT2D eigenvalue weighted by atomic mass is 16.3. The first-order valence-electron chi connectivity index (χ1n) is 22.2. The van der Waals surface area contributed by atoms with E-state index in [0.29, 0.717) is 19.4 Å². The summed E-state index contributed by atoms with van der Waals surface area (Å²) in [6.07, 6.45) is 40.4. The second-order valence-electron chi connectivity index (χ2n) is 16.7. The molecule has 0 aromatic rings. The molecule has 7 heteroatoms. The molecule has 0 spiro atoms. The van der Waals surface area contributed by atoms with Crippen molar-refractivity contribution in [3.63, 3.8) is 0 Å². The molecule has 3 atom stereocenters. The van der Waals surface area contributed by atoms with Gasteiger partial charge in [0.05, 0.1) is 27.2 Å². The smallest absolute Gasteiger partial charge is 0.220 e. The average molecular weight is 723 g/mol. The molecule has 0 radical (unpaired) electrons. The standard InChI is InChI=1S/C44H91N5O2/c1-8-10-12-14-16-18-20-22-24-25-27-29-31-33-35-37-42(50)47-41(38-40-46-44(48(3)4)49(5,6)7)43(51)45-39-36-34-32-30-28-26-23-21-19-17-15-13-11-9-2/h22,24,41,43-46,51H,8-21,23,25-40H2,1-7H3/p+1. The minimum absolute atomic E-state index is 0.0609. The number of carbonyl (C=O) groups excluding carboxylic acids is 1. The minimum atomic E-state index is -0.742. The molecule has 0 aromatic carbocycles. The number of aliphatic hydroxyl groups excluding tert-OH is 1. The molecular weight excluding hydrogens is 631 g/mol. The SMILES string of the molecule is CCCCCCCCC=CCCCCCCCC(=O)NC(CCNC(N(C)C)[N+](C)(C)C)C(O)NCCCCCCCCCCCCCCCC. The molecule has 0 aliphatic rings. The van der Waals surface area contributed by atoms with Gasteiger partial charge in [0.15, 0.2) is 0 Å². The highest BCUT2D eigenvalue weighted by Gasteiger charge is 2.27. The quantitative estimate of drug-likeness (QED) is 0.0220. The van der Waals surface area contributed by atoms with Crippen LogP contribution in [0.15, 0.2) is 12.2 Å². The maximum atomic E-state index is 13.0. The summed E-state index contributed by atoms with van der Waals surface area (Å²) in [4.78, 5) is 15.2. The van der Waals surface area contributed by atoms with Crippen molar-refractivity contribution in [3.05, 3.63) is 12.2 Å². The number of allylic oxidation sites excluding steroid dienone is 2. The fourth-order valence-corrected chi connectivity index (χ4v) is 7.17. The molecule has 4 N–H and O–H groups in total. The van der Waals surface area contributed by atoms with E-state index in [9.17, 15) is 9.90 Å². The fourth-order valence-electron chi connectivity index (χ4n) is 7.17. The van der Waals surface area contributed by atoms with E-state index in [1.807, 2.05) is 0 Å². The van der Waals surface area contributed by atoms with Crippen molar-refractivity contribution < 1.29 is 14.4 Å². The molecule has 0 saturated heterocycles. The van der Waals surface area contributed by atoms with E-state index in [1.54, 1.807) is 0 Å². The molecule has 3 unspecified atom stereocenters. The van der Waals surface area contributed by atoms with Gasteiger partial charge in [-0.3, -0.25) is 15.4 Å². The molecule has 0 rings (SSSR count). The first-order chi connectivity index (χ1) is 24.6. The van der Waals surface area contributed by atoms with Gasteiger partial charge in [0.25, 0.3) is 0 Å². The lowest BCUT2D eigenvalue weighted by Crippen LogP contribution is -2.61. The second-order valence-corrected chi connectivity index (χ2v) is 16.7. The van der Waals surface area contributed by atoms with E-state index in [2.05, 4.69) is 82.1 Å². The first-order valence-corrected chi connectivity index (χ1v) is 22.2. The molecule has 51 heavy (non-hydrogen) atoms. The minimum Gasteiger partial charge on any atom is -0.376 e. The van der Waals surface area contributed by atoms with E-state index in [0.717, 1.165) is 30.3 Å². The van der Waals surface area contributed by atoms with E-state index in [4.69, 9.17) is 0 Å². The molecule has 0 aliphatic heterocycles. The van der Waals surface area contributed by atoms with Crippen LogP contribution in [-0.2, 0) is 4.79 Å². The van der Waals surface area contributed by atoms with Gasteiger partial charge in [-0.25, -0.2) is 4.90 Å². The van der Waals surface area contributed by atoms with Crippen molar-refractivity contribution in [2.24, 2.45) is 0 Å². The molecule has 0 fully saturated rings. The van der Waals surface area contributed by atoms with Crippen LogP contribution in [0.1, 0.15) is 200 Å². The highest BCUT2D eigenvalue weighted by molar-refractivity contribution is 5.76. The van der Waals surface area contributed by atoms with Crippen molar-refractivity contribution in [1.82, 2.24) is 20.9 Å². The van der Waals surface area contributed by atoms with Crippen LogP contribution >= 0.6 is 0 Å². The maximum absolute atomic E-state index is 13.0. The number of nitrogens with zero attached hydrogens (tertiary/aromatic N) is 2. The molecule has 0 aliphatic carbocycles. The number of nitrogens with one attached hydrogen (secondary N) is 3. The molecule has 7 nitrogen and oxygen atoms in total. The third-order valence-electron chi connectivity index (χ3n) is 10.3. The summed E-state index contributed by atoms with van der Waals surface area (Å²) in [5, 5.41) is 21.3. The van der Waals surface area contributed by atoms with Gasteiger partial charge in [0.1, 0.15) is 6.23 Å². The van der Waals surface area contributed by atoms with Crippen LogP contribution in [0, 0.1) is 0 Å². The number of hydrogen-bond donors (Lipinski definition) is 4. The molecule has 0 aromatic heterocycles. The number of amides is 1. The van der Waals surface area contributed by atoms with Crippen molar-refractivity contribution in [2.75, 3.05) is 48.3 Å². The first kappa shape index (κ1) is 50.0. The Hall–Kier alpha value is -0.990. The monoisotopic (exact) mass is 723 g/mol. The highest BCUT2D eigenvalue weighted by Crippen LogP contribution is 2.14. The zero-order valence-corrected chi connectivity index (χ0v) is 35.6. The Kier molecular flexibility index (Phi) is 35.3. The molecule has 0 bridgehead atoms. The maximum Gasteiger partial charge on any atom is 0.220 e. The molecule has 0 heterocycles. The zero-order valence-electron chi connectivity index (χ0n) is 35.6. The van der Waals surface area contributed by atoms with Gasteiger partial charge in [0.2, 0.25) is 12.2 Å². The van der Waals surface area contributed by atoms with Gasteiger partial charge in [0, 0.05) is 13.0 Å². The van der Waals surface area contributed by atoms with E-state index < -0.39 is 6.23 Å².